The molecule has 0 atom stereocenters. The van der Waals surface area contributed by atoms with Crippen LogP contribution >= 0.6 is 0 Å². The van der Waals surface area contributed by atoms with Gasteiger partial charge in [0.1, 0.15) is 0 Å². The monoisotopic (exact) mass is 1600 g/mol. The maximum Gasteiger partial charge on any atom is -0.00757 e. The summed E-state index contributed by atoms with van der Waals surface area (Å²) in [5, 5.41) is 0. The third kappa shape index (κ3) is 20.9. The highest BCUT2D eigenvalue weighted by molar-refractivity contribution is 5.93. The van der Waals surface area contributed by atoms with E-state index in [0.29, 0.717) is 0 Å². The molecule has 0 heteroatoms. The maximum atomic E-state index is 2.34. The minimum atomic E-state index is 1.25. The summed E-state index contributed by atoms with van der Waals surface area (Å²) in [5.74, 6) is 0. The Morgan fingerprint density at radius 3 is 0.632 bits per heavy atom. The molecule has 20 aromatic carbocycles. The van der Waals surface area contributed by atoms with Crippen molar-refractivity contribution in [1.29, 1.82) is 0 Å². The summed E-state index contributed by atoms with van der Waals surface area (Å²) < 4.78 is 0. The van der Waals surface area contributed by atoms with Gasteiger partial charge < -0.3 is 0 Å². The van der Waals surface area contributed by atoms with Gasteiger partial charge in [0.05, 0.1) is 0 Å². The summed E-state index contributed by atoms with van der Waals surface area (Å²) in [6, 6.07) is 183. The second-order valence-electron chi connectivity index (χ2n) is 31.6. The standard InChI is InChI=1S/5C25H20/c1-19-24(21-13-7-3-8-14-21)17-23(20-11-5-2-6-12-20)18-25(19)22-15-9-4-10-16-22;1-19-17-24(21-13-7-3-8-14-21)25(22-15-9-4-10-16-22)18-23(19)20-11-5-2-6-12-20;1-19-17-23(20-11-5-2-6-12-20)18-24(21-13-7-3-8-14-21)25(19)22-15-9-4-10-16-22;1-19-12-14-20(15-13-19)23-16-17-24(21-8-4-2-5-9-21)25(18-23)22-10-6-3-7-11-22;1-19-12-14-22(15-13-19)24-17-16-23(20-8-4-2-5-9-20)18-25(24)21-10-6-3-7-11-21/h5*2-18H,1H3. The highest BCUT2D eigenvalue weighted by Crippen LogP contribution is 2.44. The fraction of sp³-hybridized carbons (Fsp3) is 0.0400. The zero-order valence-electron chi connectivity index (χ0n) is 71.6. The van der Waals surface area contributed by atoms with Crippen molar-refractivity contribution in [3.63, 3.8) is 0 Å². The molecular formula is C125H100. The predicted molar refractivity (Wildman–Crippen MR) is 537 cm³/mol. The largest absolute Gasteiger partial charge is 0.0622 e. The number of hydrogen-bond donors (Lipinski definition) is 0. The molecule has 0 radical (unpaired) electrons. The molecule has 0 amide bonds. The van der Waals surface area contributed by atoms with Gasteiger partial charge in [-0.05, 0) is 255 Å². The molecule has 0 saturated carbocycles. The van der Waals surface area contributed by atoms with E-state index in [1.165, 1.54) is 195 Å². The molecule has 0 aromatic heterocycles. The third-order valence-electron chi connectivity index (χ3n) is 23.0. The van der Waals surface area contributed by atoms with Gasteiger partial charge in [0.25, 0.3) is 0 Å². The molecule has 0 fully saturated rings. The lowest BCUT2D eigenvalue weighted by molar-refractivity contribution is 1.44. The van der Waals surface area contributed by atoms with Crippen molar-refractivity contribution in [2.45, 2.75) is 34.6 Å². The van der Waals surface area contributed by atoms with Gasteiger partial charge in [-0.2, -0.15) is 0 Å². The SMILES string of the molecule is Cc1c(-c2ccccc2)cc(-c2ccccc2)cc1-c1ccccc1.Cc1cc(-c2ccccc2)c(-c2ccccc2)cc1-c1ccccc1.Cc1cc(-c2ccccc2)cc(-c2ccccc2)c1-c1ccccc1.Cc1ccc(-c2ccc(-c3ccccc3)c(-c3ccccc3)c2)cc1.Cc1ccc(-c2ccc(-c3ccccc3)cc2-c2ccccc2)cc1. The van der Waals surface area contributed by atoms with Crippen molar-refractivity contribution in [2.24, 2.45) is 0 Å². The lowest BCUT2D eigenvalue weighted by Crippen LogP contribution is -1.91. The lowest BCUT2D eigenvalue weighted by Gasteiger charge is -2.16. The summed E-state index contributed by atoms with van der Waals surface area (Å²) in [6.45, 7) is 10.9. The molecular weight excluding hydrogens is 1500 g/mol. The van der Waals surface area contributed by atoms with Gasteiger partial charge in [-0.3, -0.25) is 0 Å². The van der Waals surface area contributed by atoms with Gasteiger partial charge in [0.15, 0.2) is 0 Å². The quantitative estimate of drug-likeness (QED) is 0.0960. The Hall–Kier alpha value is -15.6. The average Bonchev–Trinajstić information content (AvgIpc) is 0.817. The normalized spacial score (nSPS) is 10.6. The van der Waals surface area contributed by atoms with E-state index in [1.807, 2.05) is 0 Å². The van der Waals surface area contributed by atoms with Gasteiger partial charge in [-0.25, -0.2) is 0 Å². The van der Waals surface area contributed by atoms with Crippen LogP contribution in [0.25, 0.3) is 167 Å². The maximum absolute atomic E-state index is 2.34. The summed E-state index contributed by atoms with van der Waals surface area (Å²) in [5.41, 5.74) is 44.4. The molecule has 0 N–H and O–H groups in total. The minimum Gasteiger partial charge on any atom is -0.0622 e. The molecule has 0 aliphatic rings. The Balaban J connectivity index is 0.000000115. The van der Waals surface area contributed by atoms with E-state index < -0.39 is 0 Å². The molecule has 20 aromatic rings. The molecule has 20 rings (SSSR count). The first-order valence-electron chi connectivity index (χ1n) is 43.2. The van der Waals surface area contributed by atoms with Crippen LogP contribution in [0.15, 0.2) is 516 Å². The van der Waals surface area contributed by atoms with Crippen molar-refractivity contribution in [1.82, 2.24) is 0 Å². The van der Waals surface area contributed by atoms with Crippen molar-refractivity contribution in [2.75, 3.05) is 0 Å². The molecule has 0 spiro atoms. The van der Waals surface area contributed by atoms with Gasteiger partial charge in [-0.15, -0.1) is 0 Å². The molecule has 125 heavy (non-hydrogen) atoms. The van der Waals surface area contributed by atoms with Crippen LogP contribution in [0.3, 0.4) is 0 Å². The minimum absolute atomic E-state index is 1.25. The first-order chi connectivity index (χ1) is 61.6. The summed E-state index contributed by atoms with van der Waals surface area (Å²) in [7, 11) is 0. The molecule has 0 saturated heterocycles. The second kappa shape index (κ2) is 41.1. The Morgan fingerprint density at radius 2 is 0.304 bits per heavy atom. The van der Waals surface area contributed by atoms with E-state index in [9.17, 15) is 0 Å². The van der Waals surface area contributed by atoms with Crippen LogP contribution in [0.2, 0.25) is 0 Å². The van der Waals surface area contributed by atoms with E-state index >= 15 is 0 Å². The summed E-state index contributed by atoms with van der Waals surface area (Å²) >= 11 is 0. The molecule has 600 valence electrons. The van der Waals surface area contributed by atoms with E-state index in [4.69, 9.17) is 0 Å². The zero-order chi connectivity index (χ0) is 85.3. The van der Waals surface area contributed by atoms with E-state index in [2.05, 4.69) is 550 Å². The Bertz CT molecular complexity index is 6730. The lowest BCUT2D eigenvalue weighted by atomic mass is 9.88. The van der Waals surface area contributed by atoms with Crippen molar-refractivity contribution >= 4 is 0 Å². The number of benzene rings is 20. The predicted octanol–water partition coefficient (Wildman–Crippen LogP) is 35.0. The van der Waals surface area contributed by atoms with Crippen LogP contribution in [0.5, 0.6) is 0 Å². The number of aryl methyl sites for hydroxylation is 4. The molecule has 0 aliphatic heterocycles. The van der Waals surface area contributed by atoms with Crippen LogP contribution < -0.4 is 0 Å². The number of hydrogen-bond acceptors (Lipinski definition) is 0. The van der Waals surface area contributed by atoms with Crippen molar-refractivity contribution in [3.05, 3.63) is 543 Å². The van der Waals surface area contributed by atoms with Gasteiger partial charge in [-0.1, -0.05) is 490 Å². The van der Waals surface area contributed by atoms with Crippen molar-refractivity contribution in [3.8, 4) is 167 Å². The Kier molecular flexibility index (Phi) is 27.3. The smallest absolute Gasteiger partial charge is 0.00757 e. The van der Waals surface area contributed by atoms with Crippen molar-refractivity contribution < 1.29 is 0 Å². The molecule has 0 heterocycles. The van der Waals surface area contributed by atoms with Gasteiger partial charge in [0.2, 0.25) is 0 Å². The Morgan fingerprint density at radius 1 is 0.104 bits per heavy atom. The fourth-order valence-electron chi connectivity index (χ4n) is 16.5. The average molecular weight is 1600 g/mol. The highest BCUT2D eigenvalue weighted by Gasteiger charge is 2.18. The molecule has 0 aliphatic carbocycles. The van der Waals surface area contributed by atoms with Gasteiger partial charge in [0, 0.05) is 0 Å². The first kappa shape index (κ1) is 83.1. The molecule has 0 nitrogen and oxygen atoms in total. The first-order valence-corrected chi connectivity index (χ1v) is 43.2. The van der Waals surface area contributed by atoms with E-state index in [0.717, 1.165) is 0 Å². The van der Waals surface area contributed by atoms with Crippen LogP contribution in [-0.2, 0) is 0 Å². The molecule has 0 unspecified atom stereocenters. The van der Waals surface area contributed by atoms with E-state index in [-0.39, 0.29) is 0 Å². The zero-order valence-corrected chi connectivity index (χ0v) is 71.6. The molecule has 0 bridgehead atoms. The highest BCUT2D eigenvalue weighted by atomic mass is 14.2. The Labute approximate surface area is 739 Å². The third-order valence-corrected chi connectivity index (χ3v) is 23.0. The van der Waals surface area contributed by atoms with Crippen LogP contribution in [0, 0.1) is 34.6 Å². The van der Waals surface area contributed by atoms with E-state index in [1.54, 1.807) is 0 Å². The van der Waals surface area contributed by atoms with Gasteiger partial charge >= 0.3 is 0 Å². The second-order valence-corrected chi connectivity index (χ2v) is 31.6. The van der Waals surface area contributed by atoms with Crippen LogP contribution in [-0.4, -0.2) is 0 Å². The fourth-order valence-corrected chi connectivity index (χ4v) is 16.5. The van der Waals surface area contributed by atoms with Crippen LogP contribution in [0.1, 0.15) is 27.8 Å². The summed E-state index contributed by atoms with van der Waals surface area (Å²) in [4.78, 5) is 0. The summed E-state index contributed by atoms with van der Waals surface area (Å²) in [6.07, 6.45) is 0. The van der Waals surface area contributed by atoms with Crippen LogP contribution in [0.4, 0.5) is 0 Å². The topological polar surface area (TPSA) is 0 Å². The number of rotatable bonds is 15.